The van der Waals surface area contributed by atoms with Crippen molar-refractivity contribution in [2.24, 2.45) is 0 Å². The van der Waals surface area contributed by atoms with Gasteiger partial charge in [0.25, 0.3) is 0 Å². The molecule has 0 unspecified atom stereocenters. The topological polar surface area (TPSA) is 40.8 Å². The molecule has 20 heavy (non-hydrogen) atoms. The van der Waals surface area contributed by atoms with Gasteiger partial charge in [-0.05, 0) is 46.3 Å². The number of aromatic nitrogens is 2. The van der Waals surface area contributed by atoms with E-state index in [9.17, 15) is 0 Å². The SMILES string of the molecule is S=c1[nH]c2cc(Oc3cccc(Cl)c3Cl)cc(Br)c2[nH]1. The number of ether oxygens (including phenoxy) is 1. The first kappa shape index (κ1) is 13.9. The van der Waals surface area contributed by atoms with E-state index in [0.717, 1.165) is 15.5 Å². The maximum Gasteiger partial charge on any atom is 0.175 e. The van der Waals surface area contributed by atoms with Crippen molar-refractivity contribution in [3.63, 3.8) is 0 Å². The summed E-state index contributed by atoms with van der Waals surface area (Å²) in [4.78, 5) is 6.09. The molecule has 0 radical (unpaired) electrons. The predicted octanol–water partition coefficient (Wildman–Crippen LogP) is 6.09. The van der Waals surface area contributed by atoms with E-state index in [1.165, 1.54) is 0 Å². The molecule has 2 N–H and O–H groups in total. The summed E-state index contributed by atoms with van der Waals surface area (Å²) in [7, 11) is 0. The van der Waals surface area contributed by atoms with Crippen molar-refractivity contribution < 1.29 is 4.74 Å². The fourth-order valence-electron chi connectivity index (χ4n) is 1.82. The van der Waals surface area contributed by atoms with Gasteiger partial charge in [0.15, 0.2) is 4.77 Å². The maximum absolute atomic E-state index is 6.11. The summed E-state index contributed by atoms with van der Waals surface area (Å²) >= 11 is 20.6. The number of hydrogen-bond donors (Lipinski definition) is 2. The average Bonchev–Trinajstić information content (AvgIpc) is 2.76. The van der Waals surface area contributed by atoms with Gasteiger partial charge in [-0.2, -0.15) is 0 Å². The number of halogens is 3. The van der Waals surface area contributed by atoms with Gasteiger partial charge in [0.05, 0.1) is 16.1 Å². The number of rotatable bonds is 2. The summed E-state index contributed by atoms with van der Waals surface area (Å²) in [5.41, 5.74) is 1.73. The third-order valence-corrected chi connectivity index (χ3v) is 4.33. The molecule has 0 saturated heterocycles. The second-order valence-corrected chi connectivity index (χ2v) is 6.11. The number of H-pyrrole nitrogens is 2. The molecule has 0 fully saturated rings. The Morgan fingerprint density at radius 1 is 1.15 bits per heavy atom. The van der Waals surface area contributed by atoms with E-state index in [1.807, 2.05) is 12.1 Å². The molecular weight excluding hydrogens is 383 g/mol. The molecule has 102 valence electrons. The minimum Gasteiger partial charge on any atom is -0.456 e. The van der Waals surface area contributed by atoms with E-state index >= 15 is 0 Å². The minimum absolute atomic E-state index is 0.382. The van der Waals surface area contributed by atoms with Crippen LogP contribution in [0.15, 0.2) is 34.8 Å². The van der Waals surface area contributed by atoms with Gasteiger partial charge in [-0.25, -0.2) is 0 Å². The largest absolute Gasteiger partial charge is 0.456 e. The lowest BCUT2D eigenvalue weighted by molar-refractivity contribution is 0.483. The van der Waals surface area contributed by atoms with E-state index in [2.05, 4.69) is 25.9 Å². The Hall–Kier alpha value is -1.01. The lowest BCUT2D eigenvalue weighted by atomic mass is 10.3. The Morgan fingerprint density at radius 2 is 1.95 bits per heavy atom. The maximum atomic E-state index is 6.11. The van der Waals surface area contributed by atoms with Crippen LogP contribution >= 0.6 is 51.3 Å². The van der Waals surface area contributed by atoms with Gasteiger partial charge in [0.1, 0.15) is 16.5 Å². The third kappa shape index (κ3) is 2.59. The summed E-state index contributed by atoms with van der Waals surface area (Å²) in [6.07, 6.45) is 0. The van der Waals surface area contributed by atoms with Crippen molar-refractivity contribution in [2.75, 3.05) is 0 Å². The lowest BCUT2D eigenvalue weighted by Gasteiger charge is -2.09. The Morgan fingerprint density at radius 3 is 2.75 bits per heavy atom. The molecule has 3 nitrogen and oxygen atoms in total. The molecule has 0 aliphatic rings. The zero-order chi connectivity index (χ0) is 14.3. The van der Waals surface area contributed by atoms with E-state index < -0.39 is 0 Å². The molecule has 3 rings (SSSR count). The molecule has 0 atom stereocenters. The Labute approximate surface area is 138 Å². The van der Waals surface area contributed by atoms with Crippen LogP contribution in [0.5, 0.6) is 11.5 Å². The van der Waals surface area contributed by atoms with Crippen molar-refractivity contribution in [2.45, 2.75) is 0 Å². The van der Waals surface area contributed by atoms with Crippen LogP contribution in [0, 0.1) is 4.77 Å². The lowest BCUT2D eigenvalue weighted by Crippen LogP contribution is -1.86. The van der Waals surface area contributed by atoms with Crippen LogP contribution in [0.1, 0.15) is 0 Å². The highest BCUT2D eigenvalue weighted by Gasteiger charge is 2.09. The fraction of sp³-hybridized carbons (Fsp3) is 0. The molecule has 0 bridgehead atoms. The molecule has 0 aliphatic heterocycles. The van der Waals surface area contributed by atoms with Crippen LogP contribution in [-0.2, 0) is 0 Å². The Bertz CT molecular complexity index is 859. The molecule has 0 saturated carbocycles. The van der Waals surface area contributed by atoms with Gasteiger partial charge in [-0.3, -0.25) is 0 Å². The normalized spacial score (nSPS) is 10.9. The number of imidazole rings is 1. The van der Waals surface area contributed by atoms with Crippen LogP contribution in [0.25, 0.3) is 11.0 Å². The zero-order valence-electron chi connectivity index (χ0n) is 9.84. The van der Waals surface area contributed by atoms with E-state index in [0.29, 0.717) is 26.3 Å². The Balaban J connectivity index is 2.06. The first-order valence-electron chi connectivity index (χ1n) is 5.58. The predicted molar refractivity (Wildman–Crippen MR) is 87.7 cm³/mol. The van der Waals surface area contributed by atoms with Crippen molar-refractivity contribution in [3.05, 3.63) is 49.6 Å². The minimum atomic E-state index is 0.382. The highest BCUT2D eigenvalue weighted by Crippen LogP contribution is 2.36. The van der Waals surface area contributed by atoms with Crippen LogP contribution in [0.4, 0.5) is 0 Å². The highest BCUT2D eigenvalue weighted by molar-refractivity contribution is 9.10. The number of aromatic amines is 2. The van der Waals surface area contributed by atoms with Gasteiger partial charge in [-0.15, -0.1) is 0 Å². The summed E-state index contributed by atoms with van der Waals surface area (Å²) in [6.45, 7) is 0. The van der Waals surface area contributed by atoms with Gasteiger partial charge >= 0.3 is 0 Å². The summed E-state index contributed by atoms with van der Waals surface area (Å²) < 4.78 is 7.17. The molecular formula is C13H7BrCl2N2OS. The molecule has 0 spiro atoms. The van der Waals surface area contributed by atoms with Crippen molar-refractivity contribution in [1.29, 1.82) is 0 Å². The number of nitrogens with one attached hydrogen (secondary N) is 2. The monoisotopic (exact) mass is 388 g/mol. The number of benzene rings is 2. The van der Waals surface area contributed by atoms with Crippen molar-refractivity contribution >= 4 is 62.4 Å². The van der Waals surface area contributed by atoms with Gasteiger partial charge < -0.3 is 14.7 Å². The average molecular weight is 390 g/mol. The second-order valence-electron chi connectivity index (χ2n) is 4.06. The summed E-state index contributed by atoms with van der Waals surface area (Å²) in [5, 5.41) is 0.831. The van der Waals surface area contributed by atoms with Crippen LogP contribution in [0.2, 0.25) is 10.0 Å². The number of hydrogen-bond acceptors (Lipinski definition) is 2. The molecule has 0 aliphatic carbocycles. The van der Waals surface area contributed by atoms with Crippen LogP contribution in [0.3, 0.4) is 0 Å². The van der Waals surface area contributed by atoms with Gasteiger partial charge in [-0.1, -0.05) is 29.3 Å². The quantitative estimate of drug-likeness (QED) is 0.521. The Kier molecular flexibility index (Phi) is 3.77. The molecule has 7 heteroatoms. The van der Waals surface area contributed by atoms with Gasteiger partial charge in [0, 0.05) is 10.5 Å². The number of fused-ring (bicyclic) bond motifs is 1. The highest BCUT2D eigenvalue weighted by atomic mass is 79.9. The molecule has 2 aromatic carbocycles. The first-order valence-corrected chi connectivity index (χ1v) is 7.54. The second kappa shape index (κ2) is 5.41. The van der Waals surface area contributed by atoms with Crippen molar-refractivity contribution in [3.8, 4) is 11.5 Å². The van der Waals surface area contributed by atoms with E-state index in [4.69, 9.17) is 40.2 Å². The summed E-state index contributed by atoms with van der Waals surface area (Å²) in [5.74, 6) is 1.12. The molecule has 1 aromatic heterocycles. The van der Waals surface area contributed by atoms with Crippen LogP contribution < -0.4 is 4.74 Å². The summed E-state index contributed by atoms with van der Waals surface area (Å²) in [6, 6.07) is 8.91. The van der Waals surface area contributed by atoms with Gasteiger partial charge in [0.2, 0.25) is 0 Å². The van der Waals surface area contributed by atoms with E-state index in [1.54, 1.807) is 18.2 Å². The standard InChI is InChI=1S/C13H7BrCl2N2OS/c14-7-4-6(5-9-12(7)18-13(20)17-9)19-10-3-1-2-8(15)11(10)16/h1-5H,(H2,17,18,20). The van der Waals surface area contributed by atoms with Crippen LogP contribution in [-0.4, -0.2) is 9.97 Å². The van der Waals surface area contributed by atoms with Crippen molar-refractivity contribution in [1.82, 2.24) is 9.97 Å². The smallest absolute Gasteiger partial charge is 0.175 e. The first-order chi connectivity index (χ1) is 9.54. The fourth-order valence-corrected chi connectivity index (χ4v) is 2.90. The molecule has 3 aromatic rings. The third-order valence-electron chi connectivity index (χ3n) is 2.69. The molecule has 0 amide bonds. The molecule has 1 heterocycles. The zero-order valence-corrected chi connectivity index (χ0v) is 13.8. The van der Waals surface area contributed by atoms with E-state index in [-0.39, 0.29) is 0 Å².